The molecule has 1 aliphatic heterocycles. The van der Waals surface area contributed by atoms with Gasteiger partial charge in [0.25, 0.3) is 5.91 Å². The van der Waals surface area contributed by atoms with E-state index in [1.54, 1.807) is 18.2 Å². The van der Waals surface area contributed by atoms with Crippen molar-refractivity contribution in [1.29, 1.82) is 0 Å². The minimum Gasteiger partial charge on any atom is -0.268 e. The highest BCUT2D eigenvalue weighted by Crippen LogP contribution is 2.36. The number of hydrogen-bond acceptors (Lipinski definition) is 3. The van der Waals surface area contributed by atoms with Gasteiger partial charge in [0.05, 0.1) is 10.6 Å². The number of hydrogen-bond donors (Lipinski definition) is 0. The van der Waals surface area contributed by atoms with Crippen molar-refractivity contribution >= 4 is 61.9 Å². The maximum absolute atomic E-state index is 12.9. The fourth-order valence-corrected chi connectivity index (χ4v) is 3.55. The van der Waals surface area contributed by atoms with Crippen molar-refractivity contribution in [1.82, 2.24) is 0 Å². The van der Waals surface area contributed by atoms with Crippen molar-refractivity contribution in [2.24, 2.45) is 0 Å². The van der Waals surface area contributed by atoms with Gasteiger partial charge in [-0.15, -0.1) is 0 Å². The van der Waals surface area contributed by atoms with Crippen LogP contribution in [0.5, 0.6) is 0 Å². The Kier molecular flexibility index (Phi) is 4.42. The second-order valence-corrected chi connectivity index (χ2v) is 7.14. The fraction of sp³-hybridized carbons (Fsp3) is 0. The molecule has 1 heterocycles. The summed E-state index contributed by atoms with van der Waals surface area (Å²) in [5.41, 5.74) is 1.49. The molecule has 1 saturated heterocycles. The van der Waals surface area contributed by atoms with E-state index >= 15 is 0 Å². The van der Waals surface area contributed by atoms with Crippen LogP contribution in [-0.4, -0.2) is 10.2 Å². The maximum Gasteiger partial charge on any atom is 0.270 e. The lowest BCUT2D eigenvalue weighted by atomic mass is 10.2. The van der Waals surface area contributed by atoms with Crippen LogP contribution in [-0.2, 0) is 4.79 Å². The van der Waals surface area contributed by atoms with E-state index in [9.17, 15) is 9.18 Å². The van der Waals surface area contributed by atoms with E-state index in [-0.39, 0.29) is 11.7 Å². The summed E-state index contributed by atoms with van der Waals surface area (Å²) in [5.74, 6) is -0.471. The molecule has 0 saturated carbocycles. The van der Waals surface area contributed by atoms with Crippen LogP contribution in [0.2, 0.25) is 0 Å². The summed E-state index contributed by atoms with van der Waals surface area (Å²) in [4.78, 5) is 14.6. The summed E-state index contributed by atoms with van der Waals surface area (Å²) in [7, 11) is 0. The van der Waals surface area contributed by atoms with Gasteiger partial charge in [-0.1, -0.05) is 52.0 Å². The number of nitrogens with zero attached hydrogens (tertiary/aromatic N) is 1. The molecule has 0 N–H and O–H groups in total. The Bertz CT molecular complexity index is 772. The summed E-state index contributed by atoms with van der Waals surface area (Å²) >= 11 is 9.91. The van der Waals surface area contributed by atoms with E-state index in [0.717, 1.165) is 15.7 Å². The number of thioether (sulfide) groups is 1. The lowest BCUT2D eigenvalue weighted by Gasteiger charge is -2.14. The molecule has 0 unspecified atom stereocenters. The van der Waals surface area contributed by atoms with Gasteiger partial charge in [-0.2, -0.15) is 0 Å². The van der Waals surface area contributed by atoms with Crippen molar-refractivity contribution in [3.05, 3.63) is 69.3 Å². The second kappa shape index (κ2) is 6.32. The molecule has 0 bridgehead atoms. The molecule has 1 aliphatic rings. The molecule has 22 heavy (non-hydrogen) atoms. The first-order valence-electron chi connectivity index (χ1n) is 6.34. The molecule has 6 heteroatoms. The largest absolute Gasteiger partial charge is 0.270 e. The van der Waals surface area contributed by atoms with Crippen LogP contribution in [0, 0.1) is 5.82 Å². The lowest BCUT2D eigenvalue weighted by Crippen LogP contribution is -2.27. The fourth-order valence-electron chi connectivity index (χ4n) is 1.99. The SMILES string of the molecule is O=C1/C(=C/c2ccc(F)cc2)SC(=S)N1c1ccc(Br)cc1. The number of halogens is 2. The summed E-state index contributed by atoms with van der Waals surface area (Å²) in [5, 5.41) is 0. The van der Waals surface area contributed by atoms with Gasteiger partial charge in [0, 0.05) is 4.47 Å². The Morgan fingerprint density at radius 1 is 1.09 bits per heavy atom. The van der Waals surface area contributed by atoms with Gasteiger partial charge >= 0.3 is 0 Å². The highest BCUT2D eigenvalue weighted by Gasteiger charge is 2.33. The van der Waals surface area contributed by atoms with Crippen molar-refractivity contribution in [3.63, 3.8) is 0 Å². The van der Waals surface area contributed by atoms with E-state index in [0.29, 0.717) is 9.23 Å². The average Bonchev–Trinajstić information content (AvgIpc) is 2.77. The third-order valence-corrected chi connectivity index (χ3v) is 4.88. The van der Waals surface area contributed by atoms with Gasteiger partial charge in [0.1, 0.15) is 5.82 Å². The number of amides is 1. The van der Waals surface area contributed by atoms with E-state index < -0.39 is 0 Å². The number of benzene rings is 2. The quantitative estimate of drug-likeness (QED) is 0.529. The van der Waals surface area contributed by atoms with Gasteiger partial charge < -0.3 is 0 Å². The zero-order chi connectivity index (χ0) is 15.7. The molecule has 0 spiro atoms. The van der Waals surface area contributed by atoms with Gasteiger partial charge in [0.2, 0.25) is 0 Å². The third-order valence-electron chi connectivity index (χ3n) is 3.05. The monoisotopic (exact) mass is 393 g/mol. The van der Waals surface area contributed by atoms with Crippen LogP contribution in [0.3, 0.4) is 0 Å². The van der Waals surface area contributed by atoms with Crippen LogP contribution in [0.1, 0.15) is 5.56 Å². The van der Waals surface area contributed by atoms with Gasteiger partial charge in [-0.05, 0) is 48.0 Å². The van der Waals surface area contributed by atoms with Crippen molar-refractivity contribution in [2.45, 2.75) is 0 Å². The van der Waals surface area contributed by atoms with Crippen LogP contribution >= 0.6 is 39.9 Å². The minimum absolute atomic E-state index is 0.165. The molecule has 2 nitrogen and oxygen atoms in total. The van der Waals surface area contributed by atoms with E-state index in [1.807, 2.05) is 24.3 Å². The lowest BCUT2D eigenvalue weighted by molar-refractivity contribution is -0.113. The van der Waals surface area contributed by atoms with Crippen LogP contribution < -0.4 is 4.90 Å². The minimum atomic E-state index is -0.306. The van der Waals surface area contributed by atoms with Crippen molar-refractivity contribution < 1.29 is 9.18 Å². The molecule has 0 radical (unpaired) electrons. The summed E-state index contributed by atoms with van der Waals surface area (Å²) < 4.78 is 14.3. The Morgan fingerprint density at radius 2 is 1.73 bits per heavy atom. The highest BCUT2D eigenvalue weighted by molar-refractivity contribution is 9.10. The normalized spacial score (nSPS) is 16.6. The average molecular weight is 394 g/mol. The number of carbonyl (C=O) groups excluding carboxylic acids is 1. The number of rotatable bonds is 2. The summed E-state index contributed by atoms with van der Waals surface area (Å²) in [6.07, 6.45) is 1.72. The Labute approximate surface area is 145 Å². The van der Waals surface area contributed by atoms with Crippen LogP contribution in [0.4, 0.5) is 10.1 Å². The Balaban J connectivity index is 1.91. The van der Waals surface area contributed by atoms with Gasteiger partial charge in [-0.3, -0.25) is 9.69 Å². The first-order valence-corrected chi connectivity index (χ1v) is 8.35. The number of anilines is 1. The van der Waals surface area contributed by atoms with E-state index in [2.05, 4.69) is 15.9 Å². The topological polar surface area (TPSA) is 20.3 Å². The molecule has 3 rings (SSSR count). The molecule has 110 valence electrons. The Hall–Kier alpha value is -1.50. The maximum atomic E-state index is 12.9. The van der Waals surface area contributed by atoms with Gasteiger partial charge in [-0.25, -0.2) is 4.39 Å². The zero-order valence-corrected chi connectivity index (χ0v) is 14.3. The van der Waals surface area contributed by atoms with Crippen molar-refractivity contribution in [2.75, 3.05) is 4.90 Å². The predicted octanol–water partition coefficient (Wildman–Crippen LogP) is 4.99. The third kappa shape index (κ3) is 3.14. The molecule has 0 atom stereocenters. The van der Waals surface area contributed by atoms with Crippen LogP contribution in [0.25, 0.3) is 6.08 Å². The zero-order valence-electron chi connectivity index (χ0n) is 11.1. The standard InChI is InChI=1S/C16H9BrFNOS2/c17-11-3-7-13(8-4-11)19-15(20)14(22-16(19)21)9-10-1-5-12(18)6-2-10/h1-9H/b14-9-. The first kappa shape index (κ1) is 15.4. The second-order valence-electron chi connectivity index (χ2n) is 4.55. The number of thiocarbonyl (C=S) groups is 1. The summed E-state index contributed by atoms with van der Waals surface area (Å²) in [6, 6.07) is 13.4. The summed E-state index contributed by atoms with van der Waals surface area (Å²) in [6.45, 7) is 0. The highest BCUT2D eigenvalue weighted by atomic mass is 79.9. The molecular formula is C16H9BrFNOS2. The Morgan fingerprint density at radius 3 is 2.36 bits per heavy atom. The van der Waals surface area contributed by atoms with E-state index in [4.69, 9.17) is 12.2 Å². The van der Waals surface area contributed by atoms with E-state index in [1.165, 1.54) is 28.8 Å². The smallest absolute Gasteiger partial charge is 0.268 e. The molecular weight excluding hydrogens is 385 g/mol. The molecule has 0 aliphatic carbocycles. The first-order chi connectivity index (χ1) is 10.5. The predicted molar refractivity (Wildman–Crippen MR) is 96.2 cm³/mol. The molecule has 2 aromatic rings. The van der Waals surface area contributed by atoms with Gasteiger partial charge in [0.15, 0.2) is 4.32 Å². The van der Waals surface area contributed by atoms with Crippen molar-refractivity contribution in [3.8, 4) is 0 Å². The molecule has 1 fully saturated rings. The molecule has 1 amide bonds. The molecule has 0 aromatic heterocycles. The molecule has 2 aromatic carbocycles. The van der Waals surface area contributed by atoms with Crippen LogP contribution in [0.15, 0.2) is 57.9 Å². The number of carbonyl (C=O) groups is 1.